The van der Waals surface area contributed by atoms with Gasteiger partial charge in [0.1, 0.15) is 18.3 Å². The van der Waals surface area contributed by atoms with E-state index in [0.717, 1.165) is 18.4 Å². The second-order valence-electron chi connectivity index (χ2n) is 9.81. The molecule has 1 aliphatic heterocycles. The summed E-state index contributed by atoms with van der Waals surface area (Å²) in [7, 11) is 1.57. The van der Waals surface area contributed by atoms with Crippen molar-refractivity contribution in [2.75, 3.05) is 25.2 Å². The first-order valence-electron chi connectivity index (χ1n) is 13.4. The first kappa shape index (κ1) is 28.3. The van der Waals surface area contributed by atoms with Crippen molar-refractivity contribution in [2.24, 2.45) is 0 Å². The van der Waals surface area contributed by atoms with E-state index >= 15 is 0 Å². The number of methoxy groups -OCH3 is 1. The molecule has 0 saturated carbocycles. The summed E-state index contributed by atoms with van der Waals surface area (Å²) in [4.78, 5) is 30.6. The molecule has 1 saturated heterocycles. The molecule has 1 N–H and O–H groups in total. The van der Waals surface area contributed by atoms with Gasteiger partial charge in [-0.25, -0.2) is 0 Å². The van der Waals surface area contributed by atoms with E-state index in [2.05, 4.69) is 20.7 Å². The predicted molar refractivity (Wildman–Crippen MR) is 155 cm³/mol. The van der Waals surface area contributed by atoms with E-state index in [-0.39, 0.29) is 18.6 Å². The molecule has 0 bridgehead atoms. The van der Waals surface area contributed by atoms with E-state index in [0.29, 0.717) is 46.6 Å². The maximum atomic E-state index is 14.0. The first-order chi connectivity index (χ1) is 19.9. The van der Waals surface area contributed by atoms with Gasteiger partial charge in [0.15, 0.2) is 0 Å². The molecule has 2 amide bonds. The molecule has 1 aliphatic rings. The third-order valence-electron chi connectivity index (χ3n) is 6.88. The molecule has 41 heavy (non-hydrogen) atoms. The van der Waals surface area contributed by atoms with Crippen LogP contribution in [0.25, 0.3) is 11.4 Å². The lowest BCUT2D eigenvalue weighted by atomic mass is 10.0. The van der Waals surface area contributed by atoms with Crippen molar-refractivity contribution in [3.8, 4) is 17.1 Å². The molecule has 3 aromatic carbocycles. The van der Waals surface area contributed by atoms with E-state index in [1.165, 1.54) is 9.70 Å². The van der Waals surface area contributed by atoms with Crippen molar-refractivity contribution in [1.29, 1.82) is 0 Å². The number of nitrogens with zero attached hydrogens (tertiary/aromatic N) is 5. The molecule has 4 aromatic rings. The summed E-state index contributed by atoms with van der Waals surface area (Å²) in [6.07, 6.45) is 1.79. The average molecular weight is 575 g/mol. The van der Waals surface area contributed by atoms with Crippen LogP contribution in [-0.2, 0) is 20.9 Å². The number of anilines is 1. The zero-order valence-electron chi connectivity index (χ0n) is 22.9. The number of aromatic nitrogens is 4. The van der Waals surface area contributed by atoms with Crippen LogP contribution in [0.4, 0.5) is 5.69 Å². The SMILES string of the molecule is COc1ccc(N(C(=O)Cn2nnc(-c3ccc(Cl)cc3)n2)[C@@H](C(=O)NC[C@H]2CCCO2)c2ccc(C)cc2)cc1. The fraction of sp³-hybridized carbons (Fsp3) is 0.300. The lowest BCUT2D eigenvalue weighted by molar-refractivity contribution is -0.127. The topological polar surface area (TPSA) is 111 Å². The summed E-state index contributed by atoms with van der Waals surface area (Å²) in [6.45, 7) is 2.77. The zero-order valence-corrected chi connectivity index (χ0v) is 23.6. The van der Waals surface area contributed by atoms with Gasteiger partial charge in [0, 0.05) is 29.4 Å². The highest BCUT2D eigenvalue weighted by Crippen LogP contribution is 2.30. The van der Waals surface area contributed by atoms with Crippen LogP contribution >= 0.6 is 11.6 Å². The lowest BCUT2D eigenvalue weighted by Crippen LogP contribution is -2.46. The largest absolute Gasteiger partial charge is 0.497 e. The molecule has 5 rings (SSSR count). The summed E-state index contributed by atoms with van der Waals surface area (Å²) in [5.41, 5.74) is 2.94. The van der Waals surface area contributed by atoms with E-state index < -0.39 is 11.9 Å². The average Bonchev–Trinajstić information content (AvgIpc) is 3.68. The van der Waals surface area contributed by atoms with Gasteiger partial charge in [-0.3, -0.25) is 14.5 Å². The van der Waals surface area contributed by atoms with Gasteiger partial charge in [0.2, 0.25) is 11.7 Å². The second-order valence-corrected chi connectivity index (χ2v) is 10.2. The van der Waals surface area contributed by atoms with Crippen LogP contribution in [0.1, 0.15) is 30.0 Å². The van der Waals surface area contributed by atoms with Gasteiger partial charge >= 0.3 is 0 Å². The van der Waals surface area contributed by atoms with Crippen molar-refractivity contribution in [3.63, 3.8) is 0 Å². The van der Waals surface area contributed by atoms with Crippen LogP contribution in [0, 0.1) is 6.92 Å². The van der Waals surface area contributed by atoms with Crippen LogP contribution in [-0.4, -0.2) is 58.4 Å². The fourth-order valence-electron chi connectivity index (χ4n) is 4.68. The Bertz CT molecular complexity index is 1470. The monoisotopic (exact) mass is 574 g/mol. The van der Waals surface area contributed by atoms with E-state index in [4.69, 9.17) is 21.1 Å². The van der Waals surface area contributed by atoms with Crippen LogP contribution in [0.15, 0.2) is 72.8 Å². The minimum Gasteiger partial charge on any atom is -0.497 e. The number of hydrogen-bond acceptors (Lipinski definition) is 7. The maximum absolute atomic E-state index is 14.0. The number of carbonyl (C=O) groups excluding carboxylic acids is 2. The Morgan fingerprint density at radius 3 is 2.49 bits per heavy atom. The molecular weight excluding hydrogens is 544 g/mol. The van der Waals surface area contributed by atoms with Gasteiger partial charge in [0.25, 0.3) is 5.91 Å². The molecule has 0 spiro atoms. The summed E-state index contributed by atoms with van der Waals surface area (Å²) in [5, 5.41) is 16.2. The van der Waals surface area contributed by atoms with Gasteiger partial charge in [-0.2, -0.15) is 4.80 Å². The standard InChI is InChI=1S/C30H31ClN6O4/c1-20-5-7-21(8-6-20)28(30(39)32-18-26-4-3-17-41-26)37(24-13-15-25(40-2)16-14-24)27(38)19-36-34-29(33-35-36)22-9-11-23(31)12-10-22/h5-16,26,28H,3-4,17-19H2,1-2H3,(H,32,39)/t26-,28-/m1/s1. The summed E-state index contributed by atoms with van der Waals surface area (Å²) in [6, 6.07) is 20.6. The number of halogens is 1. The second kappa shape index (κ2) is 12.9. The zero-order chi connectivity index (χ0) is 28.8. The molecule has 0 radical (unpaired) electrons. The van der Waals surface area contributed by atoms with Gasteiger partial charge in [-0.15, -0.1) is 10.2 Å². The number of benzene rings is 3. The smallest absolute Gasteiger partial charge is 0.251 e. The van der Waals surface area contributed by atoms with E-state index in [1.54, 1.807) is 55.6 Å². The Morgan fingerprint density at radius 1 is 1.10 bits per heavy atom. The van der Waals surface area contributed by atoms with Crippen LogP contribution < -0.4 is 15.0 Å². The molecule has 1 fully saturated rings. The Morgan fingerprint density at radius 2 is 1.83 bits per heavy atom. The molecule has 10 nitrogen and oxygen atoms in total. The number of aryl methyl sites for hydroxylation is 1. The van der Waals surface area contributed by atoms with Crippen LogP contribution in [0.3, 0.4) is 0 Å². The molecule has 11 heteroatoms. The normalized spacial score (nSPS) is 15.3. The van der Waals surface area contributed by atoms with E-state index in [9.17, 15) is 9.59 Å². The quantitative estimate of drug-likeness (QED) is 0.299. The number of rotatable bonds is 10. The number of amides is 2. The molecule has 0 unspecified atom stereocenters. The van der Waals surface area contributed by atoms with Crippen molar-refractivity contribution in [2.45, 2.75) is 38.5 Å². The molecule has 2 heterocycles. The highest BCUT2D eigenvalue weighted by atomic mass is 35.5. The van der Waals surface area contributed by atoms with Crippen molar-refractivity contribution >= 4 is 29.1 Å². The molecule has 0 aliphatic carbocycles. The van der Waals surface area contributed by atoms with Gasteiger partial charge in [-0.1, -0.05) is 41.4 Å². The van der Waals surface area contributed by atoms with Crippen molar-refractivity contribution in [1.82, 2.24) is 25.5 Å². The third kappa shape index (κ3) is 6.90. The molecular formula is C30H31ClN6O4. The number of nitrogens with one attached hydrogen (secondary N) is 1. The van der Waals surface area contributed by atoms with Crippen molar-refractivity contribution in [3.05, 3.63) is 88.9 Å². The minimum atomic E-state index is -0.961. The van der Waals surface area contributed by atoms with Gasteiger partial charge in [-0.05, 0) is 79.1 Å². The minimum absolute atomic E-state index is 0.0478. The summed E-state index contributed by atoms with van der Waals surface area (Å²) >= 11 is 6.00. The van der Waals surface area contributed by atoms with Crippen molar-refractivity contribution < 1.29 is 19.1 Å². The Balaban J connectivity index is 1.48. The van der Waals surface area contributed by atoms with Crippen LogP contribution in [0.2, 0.25) is 5.02 Å². The number of tetrazole rings is 1. The number of hydrogen-bond donors (Lipinski definition) is 1. The van der Waals surface area contributed by atoms with Crippen LogP contribution in [0.5, 0.6) is 5.75 Å². The summed E-state index contributed by atoms with van der Waals surface area (Å²) in [5.74, 6) is 0.270. The fourth-order valence-corrected chi connectivity index (χ4v) is 4.81. The molecule has 212 valence electrons. The van der Waals surface area contributed by atoms with E-state index in [1.807, 2.05) is 31.2 Å². The predicted octanol–water partition coefficient (Wildman–Crippen LogP) is 4.38. The number of carbonyl (C=O) groups is 2. The number of ether oxygens (including phenoxy) is 2. The lowest BCUT2D eigenvalue weighted by Gasteiger charge is -2.32. The third-order valence-corrected chi connectivity index (χ3v) is 7.13. The first-order valence-corrected chi connectivity index (χ1v) is 13.7. The highest BCUT2D eigenvalue weighted by Gasteiger charge is 2.34. The highest BCUT2D eigenvalue weighted by molar-refractivity contribution is 6.30. The Labute approximate surface area is 243 Å². The Kier molecular flexibility index (Phi) is 8.91. The molecule has 2 atom stereocenters. The maximum Gasteiger partial charge on any atom is 0.251 e. The summed E-state index contributed by atoms with van der Waals surface area (Å²) < 4.78 is 11.0. The molecule has 1 aromatic heterocycles. The van der Waals surface area contributed by atoms with Gasteiger partial charge in [0.05, 0.1) is 13.2 Å². The Hall–Kier alpha value is -4.28. The van der Waals surface area contributed by atoms with Gasteiger partial charge < -0.3 is 14.8 Å².